The van der Waals surface area contributed by atoms with Crippen molar-refractivity contribution >= 4 is 29.4 Å². The van der Waals surface area contributed by atoms with Gasteiger partial charge in [0.1, 0.15) is 5.82 Å². The van der Waals surface area contributed by atoms with E-state index in [1.165, 1.54) is 0 Å². The summed E-state index contributed by atoms with van der Waals surface area (Å²) < 4.78 is 6.68. The number of aromatic nitrogens is 2. The fourth-order valence-electron chi connectivity index (χ4n) is 3.02. The van der Waals surface area contributed by atoms with Crippen molar-refractivity contribution in [3.8, 4) is 5.69 Å². The number of hydrogen-bond acceptors (Lipinski definition) is 5. The highest BCUT2D eigenvalue weighted by Crippen LogP contribution is 2.36. The number of amides is 2. The van der Waals surface area contributed by atoms with Crippen molar-refractivity contribution < 1.29 is 14.3 Å². The molecule has 1 aliphatic heterocycles. The molecule has 0 radical (unpaired) electrons. The molecule has 2 aromatic rings. The topological polar surface area (TPSA) is 85.2 Å². The molecule has 0 spiro atoms. The molecule has 7 nitrogen and oxygen atoms in total. The normalized spacial score (nSPS) is 12.7. The molecule has 0 fully saturated rings. The van der Waals surface area contributed by atoms with E-state index in [1.807, 2.05) is 26.0 Å². The largest absolute Gasteiger partial charge is 0.385 e. The molecular weight excluding hydrogens is 364 g/mol. The Balaban J connectivity index is 1.82. The summed E-state index contributed by atoms with van der Waals surface area (Å²) in [5, 5.41) is 10.1. The maximum Gasteiger partial charge on any atom is 0.314 e. The van der Waals surface area contributed by atoms with E-state index in [9.17, 15) is 9.59 Å². The van der Waals surface area contributed by atoms with Crippen LogP contribution in [0, 0.1) is 13.8 Å². The maximum atomic E-state index is 12.4. The second-order valence-electron chi connectivity index (χ2n) is 6.52. The Morgan fingerprint density at radius 2 is 2.07 bits per heavy atom. The minimum Gasteiger partial charge on any atom is -0.385 e. The van der Waals surface area contributed by atoms with Crippen molar-refractivity contribution in [3.63, 3.8) is 0 Å². The van der Waals surface area contributed by atoms with E-state index >= 15 is 0 Å². The number of thioether (sulfide) groups is 1. The van der Waals surface area contributed by atoms with E-state index < -0.39 is 11.8 Å². The van der Waals surface area contributed by atoms with Crippen molar-refractivity contribution in [3.05, 3.63) is 40.6 Å². The number of fused-ring (bicyclic) bond motifs is 1. The lowest BCUT2D eigenvalue weighted by atomic mass is 10.1. The van der Waals surface area contributed by atoms with Gasteiger partial charge < -0.3 is 15.4 Å². The summed E-state index contributed by atoms with van der Waals surface area (Å²) in [6.45, 7) is 4.97. The first-order valence-corrected chi connectivity index (χ1v) is 10.0. The lowest BCUT2D eigenvalue weighted by Gasteiger charge is -2.13. The lowest BCUT2D eigenvalue weighted by Crippen LogP contribution is -2.36. The summed E-state index contributed by atoms with van der Waals surface area (Å²) in [7, 11) is 1.60. The van der Waals surface area contributed by atoms with Gasteiger partial charge in [0.15, 0.2) is 0 Å². The van der Waals surface area contributed by atoms with Crippen molar-refractivity contribution in [2.24, 2.45) is 0 Å². The summed E-state index contributed by atoms with van der Waals surface area (Å²) >= 11 is 1.75. The highest BCUT2D eigenvalue weighted by atomic mass is 32.2. The van der Waals surface area contributed by atoms with Crippen LogP contribution in [0.25, 0.3) is 5.69 Å². The third-order valence-electron chi connectivity index (χ3n) is 4.38. The van der Waals surface area contributed by atoms with E-state index in [4.69, 9.17) is 4.74 Å². The Morgan fingerprint density at radius 1 is 1.26 bits per heavy atom. The molecule has 2 amide bonds. The van der Waals surface area contributed by atoms with Crippen LogP contribution in [-0.4, -0.2) is 41.9 Å². The SMILES string of the molecule is COCCCNC(=O)C(=O)Nc1c2c(nn1-c1ccc(C)cc1C)CSC2. The van der Waals surface area contributed by atoms with Gasteiger partial charge in [0.25, 0.3) is 0 Å². The average Bonchev–Trinajstić information content (AvgIpc) is 3.21. The Labute approximate surface area is 162 Å². The molecule has 27 heavy (non-hydrogen) atoms. The van der Waals surface area contributed by atoms with Gasteiger partial charge in [-0.2, -0.15) is 16.9 Å². The molecule has 0 bridgehead atoms. The Hall–Kier alpha value is -2.32. The van der Waals surface area contributed by atoms with Gasteiger partial charge in [-0.3, -0.25) is 9.59 Å². The number of ether oxygens (including phenoxy) is 1. The molecule has 3 rings (SSSR count). The molecule has 1 aromatic heterocycles. The number of nitrogens with zero attached hydrogens (tertiary/aromatic N) is 2. The number of carbonyl (C=O) groups excluding carboxylic acids is 2. The standard InChI is InChI=1S/C19H24N4O3S/c1-12-5-6-16(13(2)9-12)23-17(14-10-27-11-15(14)22-23)21-19(25)18(24)20-7-4-8-26-3/h5-6,9H,4,7-8,10-11H2,1-3H3,(H,20,24)(H,21,25). The van der Waals surface area contributed by atoms with E-state index in [0.29, 0.717) is 25.4 Å². The molecule has 8 heteroatoms. The second kappa shape index (κ2) is 8.58. The molecule has 1 aromatic carbocycles. The third kappa shape index (κ3) is 4.33. The number of carbonyl (C=O) groups is 2. The molecule has 0 atom stereocenters. The number of hydrogen-bond donors (Lipinski definition) is 2. The van der Waals surface area contributed by atoms with Gasteiger partial charge in [-0.25, -0.2) is 4.68 Å². The molecule has 0 unspecified atom stereocenters. The second-order valence-corrected chi connectivity index (χ2v) is 7.51. The number of methoxy groups -OCH3 is 1. The predicted molar refractivity (Wildman–Crippen MR) is 106 cm³/mol. The number of benzene rings is 1. The maximum absolute atomic E-state index is 12.4. The highest BCUT2D eigenvalue weighted by molar-refractivity contribution is 7.98. The van der Waals surface area contributed by atoms with Crippen LogP contribution in [0.4, 0.5) is 5.82 Å². The zero-order valence-corrected chi connectivity index (χ0v) is 16.6. The summed E-state index contributed by atoms with van der Waals surface area (Å²) in [5.41, 5.74) is 5.06. The first kappa shape index (κ1) is 19.4. The van der Waals surface area contributed by atoms with Crippen LogP contribution >= 0.6 is 11.8 Å². The Kier molecular flexibility index (Phi) is 6.18. The molecule has 0 aliphatic carbocycles. The zero-order chi connectivity index (χ0) is 19.4. The minimum atomic E-state index is -0.682. The quantitative estimate of drug-likeness (QED) is 0.586. The van der Waals surface area contributed by atoms with Gasteiger partial charge in [-0.15, -0.1) is 0 Å². The average molecular weight is 388 g/mol. The number of anilines is 1. The predicted octanol–water partition coefficient (Wildman–Crippen LogP) is 2.33. The van der Waals surface area contributed by atoms with Crippen molar-refractivity contribution in [1.29, 1.82) is 0 Å². The zero-order valence-electron chi connectivity index (χ0n) is 15.8. The van der Waals surface area contributed by atoms with Gasteiger partial charge in [-0.1, -0.05) is 17.7 Å². The van der Waals surface area contributed by atoms with Crippen LogP contribution in [-0.2, 0) is 25.8 Å². The van der Waals surface area contributed by atoms with Crippen molar-refractivity contribution in [2.75, 3.05) is 25.6 Å². The van der Waals surface area contributed by atoms with Gasteiger partial charge in [0.05, 0.1) is 11.4 Å². The van der Waals surface area contributed by atoms with E-state index in [0.717, 1.165) is 39.6 Å². The molecule has 1 aliphatic rings. The number of rotatable bonds is 6. The van der Waals surface area contributed by atoms with E-state index in [-0.39, 0.29) is 0 Å². The fraction of sp³-hybridized carbons (Fsp3) is 0.421. The third-order valence-corrected chi connectivity index (χ3v) is 5.35. The Bertz CT molecular complexity index is 863. The molecular formula is C19H24N4O3S. The number of aryl methyl sites for hydroxylation is 2. The molecule has 2 heterocycles. The van der Waals surface area contributed by atoms with Gasteiger partial charge >= 0.3 is 11.8 Å². The van der Waals surface area contributed by atoms with E-state index in [1.54, 1.807) is 23.6 Å². The van der Waals surface area contributed by atoms with Crippen LogP contribution < -0.4 is 10.6 Å². The summed E-state index contributed by atoms with van der Waals surface area (Å²) in [6.07, 6.45) is 0.655. The minimum absolute atomic E-state index is 0.393. The lowest BCUT2D eigenvalue weighted by molar-refractivity contribution is -0.136. The Morgan fingerprint density at radius 3 is 2.81 bits per heavy atom. The first-order valence-electron chi connectivity index (χ1n) is 8.85. The van der Waals surface area contributed by atoms with Crippen LogP contribution in [0.1, 0.15) is 28.8 Å². The molecule has 0 saturated carbocycles. The fourth-order valence-corrected chi connectivity index (χ4v) is 4.06. The van der Waals surface area contributed by atoms with Crippen molar-refractivity contribution in [1.82, 2.24) is 15.1 Å². The van der Waals surface area contributed by atoms with Gasteiger partial charge in [0.2, 0.25) is 0 Å². The van der Waals surface area contributed by atoms with Gasteiger partial charge in [0, 0.05) is 37.3 Å². The molecule has 144 valence electrons. The monoisotopic (exact) mass is 388 g/mol. The van der Waals surface area contributed by atoms with Crippen LogP contribution in [0.5, 0.6) is 0 Å². The van der Waals surface area contributed by atoms with Gasteiger partial charge in [-0.05, 0) is 31.9 Å². The smallest absolute Gasteiger partial charge is 0.314 e. The number of nitrogens with one attached hydrogen (secondary N) is 2. The van der Waals surface area contributed by atoms with Crippen LogP contribution in [0.15, 0.2) is 18.2 Å². The highest BCUT2D eigenvalue weighted by Gasteiger charge is 2.26. The molecule has 0 saturated heterocycles. The first-order chi connectivity index (χ1) is 13.0. The van der Waals surface area contributed by atoms with Crippen molar-refractivity contribution in [2.45, 2.75) is 31.8 Å². The summed E-state index contributed by atoms with van der Waals surface area (Å²) in [6, 6.07) is 6.07. The summed E-state index contributed by atoms with van der Waals surface area (Å²) in [5.74, 6) is 0.820. The summed E-state index contributed by atoms with van der Waals surface area (Å²) in [4.78, 5) is 24.5. The van der Waals surface area contributed by atoms with E-state index in [2.05, 4.69) is 21.8 Å². The van der Waals surface area contributed by atoms with Crippen LogP contribution in [0.3, 0.4) is 0 Å². The molecule has 2 N–H and O–H groups in total. The van der Waals surface area contributed by atoms with Crippen LogP contribution in [0.2, 0.25) is 0 Å².